The number of fused-ring (bicyclic) bond motifs is 1. The Balaban J connectivity index is 1.44. The topological polar surface area (TPSA) is 51.2 Å². The van der Waals surface area contributed by atoms with E-state index < -0.39 is 6.10 Å². The van der Waals surface area contributed by atoms with E-state index in [0.717, 1.165) is 39.4 Å². The van der Waals surface area contributed by atoms with Crippen LogP contribution in [-0.4, -0.2) is 73.3 Å². The number of nitrogens with zero attached hydrogens (tertiary/aromatic N) is 2. The van der Waals surface area contributed by atoms with Gasteiger partial charge in [0, 0.05) is 32.2 Å². The number of amides is 1. The molecule has 1 aromatic rings. The fourth-order valence-electron chi connectivity index (χ4n) is 4.08. The highest BCUT2D eigenvalue weighted by Crippen LogP contribution is 2.34. The smallest absolute Gasteiger partial charge is 0.267 e. The molecule has 3 heterocycles. The van der Waals surface area contributed by atoms with E-state index in [1.54, 1.807) is 0 Å². The Morgan fingerprint density at radius 1 is 1.04 bits per heavy atom. The van der Waals surface area contributed by atoms with E-state index in [1.807, 2.05) is 36.1 Å². The zero-order valence-corrected chi connectivity index (χ0v) is 14.9. The first-order valence-corrected chi connectivity index (χ1v) is 9.16. The number of hydrogen-bond acceptors (Lipinski definition) is 5. The van der Waals surface area contributed by atoms with Crippen LogP contribution in [0.1, 0.15) is 13.8 Å². The molecule has 25 heavy (non-hydrogen) atoms. The molecule has 0 aliphatic carbocycles. The average Bonchev–Trinajstić information content (AvgIpc) is 3.03. The van der Waals surface area contributed by atoms with Crippen LogP contribution in [-0.2, 0) is 9.53 Å². The number of para-hydroxylation sites is 2. The van der Waals surface area contributed by atoms with E-state index in [9.17, 15) is 4.79 Å². The van der Waals surface area contributed by atoms with Gasteiger partial charge in [0.05, 0.1) is 13.2 Å². The molecule has 6 heteroatoms. The largest absolute Gasteiger partial charge is 0.482 e. The first-order valence-electron chi connectivity index (χ1n) is 9.16. The normalized spacial score (nSPS) is 32.6. The highest BCUT2D eigenvalue weighted by Gasteiger charge is 2.42. The molecule has 0 aromatic heterocycles. The van der Waals surface area contributed by atoms with Gasteiger partial charge in [-0.15, -0.1) is 0 Å². The van der Waals surface area contributed by atoms with Gasteiger partial charge in [0.1, 0.15) is 6.10 Å². The molecular formula is C19H26N2O4. The number of ether oxygens (including phenoxy) is 3. The first kappa shape index (κ1) is 16.7. The summed E-state index contributed by atoms with van der Waals surface area (Å²) < 4.78 is 17.3. The predicted octanol–water partition coefficient (Wildman–Crippen LogP) is 1.39. The predicted molar refractivity (Wildman–Crippen MR) is 92.9 cm³/mol. The number of rotatable bonds is 2. The van der Waals surface area contributed by atoms with Crippen molar-refractivity contribution in [3.63, 3.8) is 0 Å². The maximum absolute atomic E-state index is 13.1. The molecule has 3 aliphatic rings. The maximum Gasteiger partial charge on any atom is 0.267 e. The van der Waals surface area contributed by atoms with E-state index in [-0.39, 0.29) is 12.0 Å². The molecule has 2 fully saturated rings. The molecule has 0 N–H and O–H groups in total. The van der Waals surface area contributed by atoms with Gasteiger partial charge in [0.15, 0.2) is 11.5 Å². The Morgan fingerprint density at radius 2 is 1.72 bits per heavy atom. The summed E-state index contributed by atoms with van der Waals surface area (Å²) in [6.45, 7) is 9.12. The summed E-state index contributed by atoms with van der Waals surface area (Å²) in [6, 6.07) is 7.93. The van der Waals surface area contributed by atoms with Crippen molar-refractivity contribution in [2.24, 2.45) is 5.92 Å². The van der Waals surface area contributed by atoms with Gasteiger partial charge < -0.3 is 19.1 Å². The summed E-state index contributed by atoms with van der Waals surface area (Å²) in [6.07, 6.45) is -0.870. The Bertz CT molecular complexity index is 632. The van der Waals surface area contributed by atoms with Crippen LogP contribution in [0.15, 0.2) is 24.3 Å². The van der Waals surface area contributed by atoms with Crippen LogP contribution in [0.25, 0.3) is 0 Å². The van der Waals surface area contributed by atoms with Gasteiger partial charge in [-0.2, -0.15) is 0 Å². The van der Waals surface area contributed by atoms with Gasteiger partial charge in [-0.1, -0.05) is 19.1 Å². The molecule has 0 bridgehead atoms. The molecule has 0 unspecified atom stereocenters. The van der Waals surface area contributed by atoms with Crippen molar-refractivity contribution in [1.82, 2.24) is 9.80 Å². The lowest BCUT2D eigenvalue weighted by Crippen LogP contribution is -2.51. The van der Waals surface area contributed by atoms with E-state index in [1.165, 1.54) is 0 Å². The highest BCUT2D eigenvalue weighted by atomic mass is 16.6. The molecule has 4 rings (SSSR count). The van der Waals surface area contributed by atoms with E-state index in [2.05, 4.69) is 11.8 Å². The number of morpholine rings is 1. The standard InChI is InChI=1S/C19H26N2O4/c1-13-11-21(12-15(13)20-7-9-23-10-8-20)19(22)18-14(2)24-16-5-3-4-6-17(16)25-18/h3-6,13-15,18H,7-12H2,1-2H3/t13-,14+,15+,18-/m1/s1. The summed E-state index contributed by atoms with van der Waals surface area (Å²) >= 11 is 0. The van der Waals surface area contributed by atoms with Crippen LogP contribution in [0, 0.1) is 5.92 Å². The zero-order chi connectivity index (χ0) is 17.4. The van der Waals surface area contributed by atoms with Gasteiger partial charge in [0.2, 0.25) is 6.10 Å². The van der Waals surface area contributed by atoms with E-state index in [4.69, 9.17) is 14.2 Å². The zero-order valence-electron chi connectivity index (χ0n) is 14.9. The van der Waals surface area contributed by atoms with Crippen LogP contribution in [0.3, 0.4) is 0 Å². The quantitative estimate of drug-likeness (QED) is 0.810. The highest BCUT2D eigenvalue weighted by molar-refractivity contribution is 5.82. The molecule has 4 atom stereocenters. The molecule has 136 valence electrons. The molecule has 2 saturated heterocycles. The van der Waals surface area contributed by atoms with Crippen LogP contribution in [0.4, 0.5) is 0 Å². The van der Waals surface area contributed by atoms with Gasteiger partial charge in [-0.05, 0) is 25.0 Å². The van der Waals surface area contributed by atoms with Crippen molar-refractivity contribution in [2.45, 2.75) is 32.1 Å². The molecule has 0 spiro atoms. The molecule has 1 amide bonds. The number of likely N-dealkylation sites (tertiary alicyclic amines) is 1. The van der Waals surface area contributed by atoms with E-state index in [0.29, 0.717) is 23.5 Å². The number of carbonyl (C=O) groups excluding carboxylic acids is 1. The SMILES string of the molecule is C[C@@H]1CN(C(=O)[C@@H]2Oc3ccccc3O[C@H]2C)C[C@@H]1N1CCOCC1. The Labute approximate surface area is 148 Å². The maximum atomic E-state index is 13.1. The number of hydrogen-bond donors (Lipinski definition) is 0. The minimum absolute atomic E-state index is 0.0320. The summed E-state index contributed by atoms with van der Waals surface area (Å²) in [7, 11) is 0. The van der Waals surface area contributed by atoms with E-state index >= 15 is 0 Å². The summed E-state index contributed by atoms with van der Waals surface area (Å²) in [5.74, 6) is 1.84. The average molecular weight is 346 g/mol. The lowest BCUT2D eigenvalue weighted by atomic mass is 10.0. The lowest BCUT2D eigenvalue weighted by Gasteiger charge is -2.35. The first-order chi connectivity index (χ1) is 12.1. The van der Waals surface area contributed by atoms with Gasteiger partial charge in [-0.3, -0.25) is 9.69 Å². The summed E-state index contributed by atoms with van der Waals surface area (Å²) in [5, 5.41) is 0. The summed E-state index contributed by atoms with van der Waals surface area (Å²) in [4.78, 5) is 17.5. The Hall–Kier alpha value is -1.79. The van der Waals surface area contributed by atoms with Crippen LogP contribution >= 0.6 is 0 Å². The van der Waals surface area contributed by atoms with Crippen molar-refractivity contribution in [3.8, 4) is 11.5 Å². The third-order valence-corrected chi connectivity index (χ3v) is 5.48. The van der Waals surface area contributed by atoms with Gasteiger partial charge in [0.25, 0.3) is 5.91 Å². The molecule has 3 aliphatic heterocycles. The number of carbonyl (C=O) groups is 1. The monoisotopic (exact) mass is 346 g/mol. The fourth-order valence-corrected chi connectivity index (χ4v) is 4.08. The fraction of sp³-hybridized carbons (Fsp3) is 0.632. The van der Waals surface area contributed by atoms with Crippen LogP contribution in [0.2, 0.25) is 0 Å². The lowest BCUT2D eigenvalue weighted by molar-refractivity contribution is -0.143. The molecule has 1 aromatic carbocycles. The Kier molecular flexibility index (Phi) is 4.56. The minimum Gasteiger partial charge on any atom is -0.482 e. The molecule has 0 saturated carbocycles. The van der Waals surface area contributed by atoms with Crippen molar-refractivity contribution in [1.29, 1.82) is 0 Å². The van der Waals surface area contributed by atoms with Gasteiger partial charge >= 0.3 is 0 Å². The van der Waals surface area contributed by atoms with Crippen molar-refractivity contribution in [2.75, 3.05) is 39.4 Å². The minimum atomic E-state index is -0.578. The van der Waals surface area contributed by atoms with Crippen LogP contribution in [0.5, 0.6) is 11.5 Å². The van der Waals surface area contributed by atoms with Crippen molar-refractivity contribution >= 4 is 5.91 Å². The molecule has 6 nitrogen and oxygen atoms in total. The second-order valence-corrected chi connectivity index (χ2v) is 7.24. The van der Waals surface area contributed by atoms with Crippen LogP contribution < -0.4 is 9.47 Å². The van der Waals surface area contributed by atoms with Crippen molar-refractivity contribution < 1.29 is 19.0 Å². The second kappa shape index (κ2) is 6.84. The third-order valence-electron chi connectivity index (χ3n) is 5.48. The van der Waals surface area contributed by atoms with Gasteiger partial charge in [-0.25, -0.2) is 0 Å². The van der Waals surface area contributed by atoms with Crippen molar-refractivity contribution in [3.05, 3.63) is 24.3 Å². The Morgan fingerprint density at radius 3 is 2.44 bits per heavy atom. The summed E-state index contributed by atoms with van der Waals surface area (Å²) in [5.41, 5.74) is 0. The molecular weight excluding hydrogens is 320 g/mol. The number of benzene rings is 1. The molecule has 0 radical (unpaired) electrons. The second-order valence-electron chi connectivity index (χ2n) is 7.24. The third kappa shape index (κ3) is 3.20.